The zero-order valence-corrected chi connectivity index (χ0v) is 19.1. The molecule has 0 saturated heterocycles. The average molecular weight is 523 g/mol. The maximum absolute atomic E-state index is 13.6. The second-order valence-corrected chi connectivity index (χ2v) is 8.19. The van der Waals surface area contributed by atoms with Gasteiger partial charge in [0.25, 0.3) is 0 Å². The minimum absolute atomic E-state index is 0. The summed E-state index contributed by atoms with van der Waals surface area (Å²) in [5, 5.41) is 6.14. The summed E-state index contributed by atoms with van der Waals surface area (Å²) in [4.78, 5) is 4.40. The van der Waals surface area contributed by atoms with Crippen molar-refractivity contribution in [2.45, 2.75) is 24.8 Å². The lowest BCUT2D eigenvalue weighted by molar-refractivity contribution is 0.583. The highest BCUT2D eigenvalue weighted by Gasteiger charge is 2.11. The Labute approximate surface area is 181 Å². The maximum atomic E-state index is 13.6. The van der Waals surface area contributed by atoms with Gasteiger partial charge >= 0.3 is 0 Å². The molecule has 0 heterocycles. The molecule has 2 aromatic carbocycles. The third-order valence-corrected chi connectivity index (χ3v) is 5.27. The van der Waals surface area contributed by atoms with Gasteiger partial charge in [-0.15, -0.1) is 24.0 Å². The predicted molar refractivity (Wildman–Crippen MR) is 118 cm³/mol. The Kier molecular flexibility index (Phi) is 9.28. The molecule has 5 nitrogen and oxygen atoms in total. The lowest BCUT2D eigenvalue weighted by Crippen LogP contribution is -2.38. The zero-order chi connectivity index (χ0) is 20.0. The van der Waals surface area contributed by atoms with E-state index in [1.807, 2.05) is 0 Å². The van der Waals surface area contributed by atoms with Gasteiger partial charge in [-0.1, -0.05) is 12.1 Å². The molecule has 0 spiro atoms. The van der Waals surface area contributed by atoms with E-state index in [1.54, 1.807) is 32.2 Å². The highest BCUT2D eigenvalue weighted by molar-refractivity contribution is 14.0. The van der Waals surface area contributed by atoms with E-state index in [0.717, 1.165) is 17.7 Å². The first-order valence-corrected chi connectivity index (χ1v) is 10.3. The van der Waals surface area contributed by atoms with Crippen molar-refractivity contribution in [3.63, 3.8) is 0 Å². The van der Waals surface area contributed by atoms with E-state index in [9.17, 15) is 17.2 Å². The smallest absolute Gasteiger partial charge is 0.191 e. The highest BCUT2D eigenvalue weighted by atomic mass is 127. The molecule has 0 bridgehead atoms. The van der Waals surface area contributed by atoms with E-state index in [4.69, 9.17) is 0 Å². The number of hydrogen-bond acceptors (Lipinski definition) is 3. The van der Waals surface area contributed by atoms with Crippen molar-refractivity contribution in [1.82, 2.24) is 10.6 Å². The van der Waals surface area contributed by atoms with Crippen LogP contribution in [0.2, 0.25) is 0 Å². The van der Waals surface area contributed by atoms with Gasteiger partial charge in [0.1, 0.15) is 11.6 Å². The molecule has 0 aliphatic rings. The molecule has 0 fully saturated rings. The quantitative estimate of drug-likeness (QED) is 0.347. The molecule has 0 aliphatic heterocycles. The standard InChI is InChI=1S/C19H23F2N3O2S.HI/c1-13-10-14(4-7-18(13)27(3,25)26)12-24-19(22-2)23-9-8-15-11-16(20)5-6-17(15)21;/h4-7,10-11H,8-9,12H2,1-3H3,(H2,22,23,24);1H. The van der Waals surface area contributed by atoms with Crippen LogP contribution in [0.5, 0.6) is 0 Å². The Morgan fingerprint density at radius 3 is 2.43 bits per heavy atom. The van der Waals surface area contributed by atoms with E-state index in [0.29, 0.717) is 41.5 Å². The van der Waals surface area contributed by atoms with E-state index < -0.39 is 21.5 Å². The number of halogens is 3. The molecule has 9 heteroatoms. The van der Waals surface area contributed by atoms with Crippen molar-refractivity contribution >= 4 is 39.8 Å². The first kappa shape index (κ1) is 24.3. The Hall–Kier alpha value is -1.75. The average Bonchev–Trinajstić information content (AvgIpc) is 2.59. The fraction of sp³-hybridized carbons (Fsp3) is 0.316. The van der Waals surface area contributed by atoms with Gasteiger partial charge < -0.3 is 10.6 Å². The molecule has 2 N–H and O–H groups in total. The predicted octanol–water partition coefficient (Wildman–Crippen LogP) is 3.20. The number of nitrogens with one attached hydrogen (secondary N) is 2. The van der Waals surface area contributed by atoms with Crippen LogP contribution in [-0.2, 0) is 22.8 Å². The topological polar surface area (TPSA) is 70.6 Å². The third kappa shape index (κ3) is 7.01. The summed E-state index contributed by atoms with van der Waals surface area (Å²) in [6.45, 7) is 2.57. The molecular formula is C19H24F2IN3O2S. The van der Waals surface area contributed by atoms with Crippen LogP contribution in [0.3, 0.4) is 0 Å². The molecule has 2 aromatic rings. The number of hydrogen-bond donors (Lipinski definition) is 2. The van der Waals surface area contributed by atoms with Crippen LogP contribution in [0.1, 0.15) is 16.7 Å². The maximum Gasteiger partial charge on any atom is 0.191 e. The van der Waals surface area contributed by atoms with Crippen LogP contribution in [0.4, 0.5) is 8.78 Å². The SMILES string of the molecule is CN=C(NCCc1cc(F)ccc1F)NCc1ccc(S(C)(=O)=O)c(C)c1.I. The highest BCUT2D eigenvalue weighted by Crippen LogP contribution is 2.16. The number of aryl methyl sites for hydroxylation is 1. The van der Waals surface area contributed by atoms with Gasteiger partial charge in [0.15, 0.2) is 15.8 Å². The van der Waals surface area contributed by atoms with Crippen molar-refractivity contribution in [2.75, 3.05) is 19.8 Å². The van der Waals surface area contributed by atoms with Crippen LogP contribution in [0, 0.1) is 18.6 Å². The fourth-order valence-corrected chi connectivity index (χ4v) is 3.65. The van der Waals surface area contributed by atoms with Crippen molar-refractivity contribution in [2.24, 2.45) is 4.99 Å². The first-order valence-electron chi connectivity index (χ1n) is 8.38. The molecule has 0 unspecified atom stereocenters. The molecule has 28 heavy (non-hydrogen) atoms. The van der Waals surface area contributed by atoms with E-state index >= 15 is 0 Å². The minimum Gasteiger partial charge on any atom is -0.356 e. The summed E-state index contributed by atoms with van der Waals surface area (Å²) in [7, 11) is -1.64. The number of guanidine groups is 1. The molecule has 0 atom stereocenters. The van der Waals surface area contributed by atoms with Gasteiger partial charge in [0.2, 0.25) is 0 Å². The summed E-state index contributed by atoms with van der Waals surface area (Å²) >= 11 is 0. The summed E-state index contributed by atoms with van der Waals surface area (Å²) < 4.78 is 50.1. The third-order valence-electron chi connectivity index (χ3n) is 4.02. The summed E-state index contributed by atoms with van der Waals surface area (Å²) in [6, 6.07) is 8.51. The van der Waals surface area contributed by atoms with Crippen LogP contribution < -0.4 is 10.6 Å². The second-order valence-electron chi connectivity index (χ2n) is 6.21. The van der Waals surface area contributed by atoms with E-state index in [2.05, 4.69) is 15.6 Å². The number of benzene rings is 2. The van der Waals surface area contributed by atoms with Crippen LogP contribution in [0.25, 0.3) is 0 Å². The zero-order valence-electron chi connectivity index (χ0n) is 15.9. The van der Waals surface area contributed by atoms with Crippen LogP contribution >= 0.6 is 24.0 Å². The fourth-order valence-electron chi connectivity index (χ4n) is 2.69. The molecular weight excluding hydrogens is 499 g/mol. The van der Waals surface area contributed by atoms with E-state index in [1.165, 1.54) is 12.3 Å². The molecule has 0 aliphatic carbocycles. The van der Waals surface area contributed by atoms with Crippen molar-refractivity contribution < 1.29 is 17.2 Å². The Balaban J connectivity index is 0.00000392. The van der Waals surface area contributed by atoms with E-state index in [-0.39, 0.29) is 24.0 Å². The van der Waals surface area contributed by atoms with Crippen molar-refractivity contribution in [3.8, 4) is 0 Å². The van der Waals surface area contributed by atoms with Gasteiger partial charge in [0, 0.05) is 26.4 Å². The minimum atomic E-state index is -3.24. The summed E-state index contributed by atoms with van der Waals surface area (Å²) in [5.41, 5.74) is 1.88. The number of nitrogens with zero attached hydrogens (tertiary/aromatic N) is 1. The Bertz CT molecular complexity index is 950. The van der Waals surface area contributed by atoms with Crippen LogP contribution in [-0.4, -0.2) is 34.2 Å². The Morgan fingerprint density at radius 2 is 1.82 bits per heavy atom. The largest absolute Gasteiger partial charge is 0.356 e. The summed E-state index contributed by atoms with van der Waals surface area (Å²) in [5.74, 6) is -0.402. The number of aliphatic imine (C=N–C) groups is 1. The van der Waals surface area contributed by atoms with Gasteiger partial charge in [-0.05, 0) is 54.3 Å². The second kappa shape index (κ2) is 10.7. The number of rotatable bonds is 6. The number of sulfone groups is 1. The monoisotopic (exact) mass is 523 g/mol. The van der Waals surface area contributed by atoms with Crippen LogP contribution in [0.15, 0.2) is 46.3 Å². The molecule has 0 aromatic heterocycles. The Morgan fingerprint density at radius 1 is 1.11 bits per heavy atom. The normalized spacial score (nSPS) is 11.7. The molecule has 0 amide bonds. The van der Waals surface area contributed by atoms with Gasteiger partial charge in [-0.2, -0.15) is 0 Å². The van der Waals surface area contributed by atoms with Gasteiger partial charge in [-0.3, -0.25) is 4.99 Å². The molecule has 0 saturated carbocycles. The van der Waals surface area contributed by atoms with Gasteiger partial charge in [0.05, 0.1) is 4.90 Å². The van der Waals surface area contributed by atoms with Gasteiger partial charge in [-0.25, -0.2) is 17.2 Å². The first-order chi connectivity index (χ1) is 12.7. The van der Waals surface area contributed by atoms with Crippen molar-refractivity contribution in [3.05, 3.63) is 64.7 Å². The molecule has 2 rings (SSSR count). The van der Waals surface area contributed by atoms with Crippen molar-refractivity contribution in [1.29, 1.82) is 0 Å². The molecule has 154 valence electrons. The summed E-state index contributed by atoms with van der Waals surface area (Å²) in [6.07, 6.45) is 1.49. The molecule has 0 radical (unpaired) electrons. The lowest BCUT2D eigenvalue weighted by Gasteiger charge is -2.13. The lowest BCUT2D eigenvalue weighted by atomic mass is 10.1.